The normalized spacial score (nSPS) is 23.8. The zero-order valence-electron chi connectivity index (χ0n) is 11.3. The van der Waals surface area contributed by atoms with Crippen molar-refractivity contribution in [1.82, 2.24) is 4.90 Å². The standard InChI is InChI=1S/C14H16ClF2NO2/c1-8-10(5-6-18(8)14(19)13(15)17)9-3-4-12(20-2)11(16)7-9/h3-4,7-8,10,13H,5-6H2,1-2H3. The van der Waals surface area contributed by atoms with Crippen LogP contribution >= 0.6 is 11.6 Å². The molecule has 0 aromatic heterocycles. The third-order valence-corrected chi connectivity index (χ3v) is 4.02. The lowest BCUT2D eigenvalue weighted by molar-refractivity contribution is -0.134. The highest BCUT2D eigenvalue weighted by molar-refractivity contribution is 6.29. The number of hydrogen-bond acceptors (Lipinski definition) is 2. The molecule has 2 rings (SSSR count). The number of hydrogen-bond donors (Lipinski definition) is 0. The monoisotopic (exact) mass is 303 g/mol. The highest BCUT2D eigenvalue weighted by atomic mass is 35.5. The molecule has 1 fully saturated rings. The first-order valence-corrected chi connectivity index (χ1v) is 6.81. The molecule has 6 heteroatoms. The summed E-state index contributed by atoms with van der Waals surface area (Å²) < 4.78 is 31.5. The average Bonchev–Trinajstić information content (AvgIpc) is 2.79. The lowest BCUT2D eigenvalue weighted by Crippen LogP contribution is -2.38. The molecule has 3 atom stereocenters. The molecule has 0 bridgehead atoms. The SMILES string of the molecule is COc1ccc(C2CCN(C(=O)C(F)Cl)C2C)cc1F. The minimum absolute atomic E-state index is 0.0326. The number of rotatable bonds is 3. The average molecular weight is 304 g/mol. The van der Waals surface area contributed by atoms with Gasteiger partial charge in [0, 0.05) is 18.5 Å². The molecule has 1 aliphatic heterocycles. The maximum atomic E-state index is 13.7. The summed E-state index contributed by atoms with van der Waals surface area (Å²) in [6, 6.07) is 4.51. The second kappa shape index (κ2) is 5.95. The van der Waals surface area contributed by atoms with Crippen molar-refractivity contribution < 1.29 is 18.3 Å². The van der Waals surface area contributed by atoms with E-state index in [0.717, 1.165) is 5.56 Å². The third-order valence-electron chi connectivity index (χ3n) is 3.83. The summed E-state index contributed by atoms with van der Waals surface area (Å²) in [6.07, 6.45) is 0.655. The Morgan fingerprint density at radius 1 is 1.55 bits per heavy atom. The van der Waals surface area contributed by atoms with Crippen LogP contribution in [0.5, 0.6) is 5.75 Å². The van der Waals surface area contributed by atoms with Crippen LogP contribution in [0, 0.1) is 5.82 Å². The van der Waals surface area contributed by atoms with Crippen LogP contribution in [0.1, 0.15) is 24.8 Å². The number of halogens is 3. The van der Waals surface area contributed by atoms with Crippen molar-refractivity contribution in [1.29, 1.82) is 0 Å². The molecule has 0 aliphatic carbocycles. The van der Waals surface area contributed by atoms with Gasteiger partial charge in [0.15, 0.2) is 11.6 Å². The van der Waals surface area contributed by atoms with Gasteiger partial charge in [0.05, 0.1) is 7.11 Å². The molecule has 3 unspecified atom stereocenters. The Hall–Kier alpha value is -1.36. The van der Waals surface area contributed by atoms with Gasteiger partial charge in [-0.25, -0.2) is 8.78 Å². The molecule has 1 aromatic carbocycles. The van der Waals surface area contributed by atoms with Crippen molar-refractivity contribution in [3.8, 4) is 5.75 Å². The quantitative estimate of drug-likeness (QED) is 0.803. The van der Waals surface area contributed by atoms with E-state index in [1.54, 1.807) is 12.1 Å². The zero-order chi connectivity index (χ0) is 14.9. The molecule has 0 radical (unpaired) electrons. The number of carbonyl (C=O) groups is 1. The summed E-state index contributed by atoms with van der Waals surface area (Å²) in [5.74, 6) is -1.02. The topological polar surface area (TPSA) is 29.5 Å². The van der Waals surface area contributed by atoms with E-state index in [-0.39, 0.29) is 17.7 Å². The molecule has 1 aromatic rings. The van der Waals surface area contributed by atoms with Crippen LogP contribution in [-0.2, 0) is 4.79 Å². The molecular formula is C14H16ClF2NO2. The van der Waals surface area contributed by atoms with E-state index >= 15 is 0 Å². The van der Waals surface area contributed by atoms with E-state index in [2.05, 4.69) is 0 Å². The maximum Gasteiger partial charge on any atom is 0.272 e. The highest BCUT2D eigenvalue weighted by Crippen LogP contribution is 2.35. The van der Waals surface area contributed by atoms with E-state index in [4.69, 9.17) is 16.3 Å². The Balaban J connectivity index is 2.19. The fraction of sp³-hybridized carbons (Fsp3) is 0.500. The lowest BCUT2D eigenvalue weighted by Gasteiger charge is -2.25. The van der Waals surface area contributed by atoms with Crippen molar-refractivity contribution in [3.05, 3.63) is 29.6 Å². The molecule has 1 amide bonds. The van der Waals surface area contributed by atoms with Crippen molar-refractivity contribution in [2.45, 2.75) is 30.9 Å². The number of likely N-dealkylation sites (tertiary alicyclic amines) is 1. The molecule has 0 N–H and O–H groups in total. The Morgan fingerprint density at radius 3 is 2.80 bits per heavy atom. The van der Waals surface area contributed by atoms with Crippen molar-refractivity contribution in [2.24, 2.45) is 0 Å². The summed E-state index contributed by atoms with van der Waals surface area (Å²) >= 11 is 5.20. The van der Waals surface area contributed by atoms with Crippen LogP contribution < -0.4 is 4.74 Å². The fourth-order valence-electron chi connectivity index (χ4n) is 2.73. The second-order valence-electron chi connectivity index (χ2n) is 4.86. The number of alkyl halides is 2. The first-order chi connectivity index (χ1) is 9.45. The molecule has 1 aliphatic rings. The lowest BCUT2D eigenvalue weighted by atomic mass is 9.92. The van der Waals surface area contributed by atoms with Crippen molar-refractivity contribution in [2.75, 3.05) is 13.7 Å². The zero-order valence-corrected chi connectivity index (χ0v) is 12.0. The number of amides is 1. The highest BCUT2D eigenvalue weighted by Gasteiger charge is 2.37. The van der Waals surface area contributed by atoms with Gasteiger partial charge in [0.25, 0.3) is 11.5 Å². The van der Waals surface area contributed by atoms with Gasteiger partial charge in [-0.3, -0.25) is 4.79 Å². The predicted octanol–water partition coefficient (Wildman–Crippen LogP) is 3.07. The molecule has 110 valence electrons. The summed E-state index contributed by atoms with van der Waals surface area (Å²) in [5.41, 5.74) is -1.25. The van der Waals surface area contributed by atoms with Gasteiger partial charge in [-0.15, -0.1) is 0 Å². The van der Waals surface area contributed by atoms with Gasteiger partial charge < -0.3 is 9.64 Å². The Labute approximate surface area is 121 Å². The maximum absolute atomic E-state index is 13.7. The van der Waals surface area contributed by atoms with Gasteiger partial charge in [-0.05, 0) is 31.0 Å². The molecule has 20 heavy (non-hydrogen) atoms. The van der Waals surface area contributed by atoms with Crippen LogP contribution in [0.3, 0.4) is 0 Å². The largest absolute Gasteiger partial charge is 0.494 e. The summed E-state index contributed by atoms with van der Waals surface area (Å²) in [6.45, 7) is 2.24. The van der Waals surface area contributed by atoms with E-state index < -0.39 is 17.4 Å². The molecule has 1 heterocycles. The summed E-state index contributed by atoms with van der Waals surface area (Å²) in [7, 11) is 1.40. The molecule has 0 saturated carbocycles. The first-order valence-electron chi connectivity index (χ1n) is 6.37. The summed E-state index contributed by atoms with van der Waals surface area (Å²) in [5, 5.41) is 0. The van der Waals surface area contributed by atoms with Gasteiger partial charge in [-0.2, -0.15) is 0 Å². The van der Waals surface area contributed by atoms with Crippen molar-refractivity contribution >= 4 is 17.5 Å². The van der Waals surface area contributed by atoms with E-state index in [1.165, 1.54) is 18.1 Å². The second-order valence-corrected chi connectivity index (χ2v) is 5.25. The van der Waals surface area contributed by atoms with Crippen LogP contribution in [0.4, 0.5) is 8.78 Å². The molecule has 3 nitrogen and oxygen atoms in total. The van der Waals surface area contributed by atoms with Crippen LogP contribution in [0.15, 0.2) is 18.2 Å². The fourth-order valence-corrected chi connectivity index (χ4v) is 2.86. The predicted molar refractivity (Wildman–Crippen MR) is 72.2 cm³/mol. The molecular weight excluding hydrogens is 288 g/mol. The minimum atomic E-state index is -2.02. The summed E-state index contributed by atoms with van der Waals surface area (Å²) in [4.78, 5) is 13.0. The Kier molecular flexibility index (Phi) is 4.48. The van der Waals surface area contributed by atoms with E-state index in [9.17, 15) is 13.6 Å². The van der Waals surface area contributed by atoms with Gasteiger partial charge in [-0.1, -0.05) is 17.7 Å². The smallest absolute Gasteiger partial charge is 0.272 e. The number of nitrogens with zero attached hydrogens (tertiary/aromatic N) is 1. The van der Waals surface area contributed by atoms with Crippen LogP contribution in [0.25, 0.3) is 0 Å². The van der Waals surface area contributed by atoms with Gasteiger partial charge >= 0.3 is 0 Å². The molecule has 0 spiro atoms. The van der Waals surface area contributed by atoms with E-state index in [1.807, 2.05) is 6.92 Å². The third kappa shape index (κ3) is 2.73. The molecule has 1 saturated heterocycles. The number of carbonyl (C=O) groups excluding carboxylic acids is 1. The van der Waals surface area contributed by atoms with Crippen LogP contribution in [0.2, 0.25) is 0 Å². The van der Waals surface area contributed by atoms with Gasteiger partial charge in [0.2, 0.25) is 0 Å². The first kappa shape index (κ1) is 15.0. The van der Waals surface area contributed by atoms with Crippen molar-refractivity contribution in [3.63, 3.8) is 0 Å². The Morgan fingerprint density at radius 2 is 2.25 bits per heavy atom. The van der Waals surface area contributed by atoms with E-state index in [0.29, 0.717) is 13.0 Å². The Bertz CT molecular complexity index is 510. The number of ether oxygens (including phenoxy) is 1. The van der Waals surface area contributed by atoms with Crippen LogP contribution in [-0.4, -0.2) is 36.1 Å². The number of methoxy groups -OCH3 is 1. The minimum Gasteiger partial charge on any atom is -0.494 e. The van der Waals surface area contributed by atoms with Gasteiger partial charge in [0.1, 0.15) is 0 Å². The number of benzene rings is 1.